The minimum atomic E-state index is 0.274. The quantitative estimate of drug-likeness (QED) is 0.848. The van der Waals surface area contributed by atoms with Crippen LogP contribution in [0.2, 0.25) is 0 Å². The molecule has 1 amide bonds. The van der Waals surface area contributed by atoms with Gasteiger partial charge in [-0.25, -0.2) is 0 Å². The number of hydrogen-bond acceptors (Lipinski definition) is 3. The third kappa shape index (κ3) is 3.28. The minimum Gasteiger partial charge on any atom is -0.339 e. The number of amides is 1. The average Bonchev–Trinajstić information content (AvgIpc) is 3.24. The first-order valence-corrected chi connectivity index (χ1v) is 8.05. The zero-order chi connectivity index (χ0) is 15.0. The highest BCUT2D eigenvalue weighted by Crippen LogP contribution is 2.26. The highest BCUT2D eigenvalue weighted by Gasteiger charge is 2.30. The second-order valence-corrected chi connectivity index (χ2v) is 6.65. The number of aryl methyl sites for hydroxylation is 2. The topological polar surface area (TPSA) is 41.4 Å². The zero-order valence-electron chi connectivity index (χ0n) is 13.4. The van der Waals surface area contributed by atoms with Crippen LogP contribution in [0.15, 0.2) is 6.07 Å². The summed E-state index contributed by atoms with van der Waals surface area (Å²) in [5, 5.41) is 4.60. The molecule has 2 fully saturated rings. The van der Waals surface area contributed by atoms with Gasteiger partial charge in [0.1, 0.15) is 0 Å². The van der Waals surface area contributed by atoms with E-state index < -0.39 is 0 Å². The van der Waals surface area contributed by atoms with Crippen molar-refractivity contribution < 1.29 is 4.79 Å². The van der Waals surface area contributed by atoms with Crippen LogP contribution in [0, 0.1) is 13.8 Å². The van der Waals surface area contributed by atoms with Crippen LogP contribution in [0.1, 0.15) is 43.1 Å². The van der Waals surface area contributed by atoms with Gasteiger partial charge in [0, 0.05) is 24.8 Å². The molecule has 1 aliphatic carbocycles. The van der Waals surface area contributed by atoms with Crippen molar-refractivity contribution in [1.29, 1.82) is 0 Å². The summed E-state index contributed by atoms with van der Waals surface area (Å²) in [6.45, 7) is 6.39. The number of likely N-dealkylation sites (N-methyl/N-ethyl adjacent to an activating group) is 1. The van der Waals surface area contributed by atoms with Crippen LogP contribution in [-0.4, -0.2) is 58.2 Å². The monoisotopic (exact) mass is 290 g/mol. The van der Waals surface area contributed by atoms with E-state index in [-0.39, 0.29) is 5.91 Å². The standard InChI is InChI=1S/C16H26N4O/c1-12-9-13(2)20(17-12)15-5-4-8-19(10-15)16(21)11-18(3)14-6-7-14/h9,14-15H,4-8,10-11H2,1-3H3/t15-/m1/s1. The molecule has 5 nitrogen and oxygen atoms in total. The third-order valence-electron chi connectivity index (χ3n) is 4.69. The molecule has 0 radical (unpaired) electrons. The van der Waals surface area contributed by atoms with Crippen LogP contribution >= 0.6 is 0 Å². The van der Waals surface area contributed by atoms with Crippen molar-refractivity contribution in [2.24, 2.45) is 0 Å². The summed E-state index contributed by atoms with van der Waals surface area (Å²) in [5.74, 6) is 0.274. The Hall–Kier alpha value is -1.36. The van der Waals surface area contributed by atoms with E-state index in [0.29, 0.717) is 18.6 Å². The van der Waals surface area contributed by atoms with Crippen LogP contribution in [0.4, 0.5) is 0 Å². The van der Waals surface area contributed by atoms with E-state index in [4.69, 9.17) is 0 Å². The molecule has 1 saturated heterocycles. The molecule has 0 N–H and O–H groups in total. The maximum atomic E-state index is 12.5. The number of carbonyl (C=O) groups excluding carboxylic acids is 1. The number of likely N-dealkylation sites (tertiary alicyclic amines) is 1. The predicted molar refractivity (Wildman–Crippen MR) is 82.2 cm³/mol. The summed E-state index contributed by atoms with van der Waals surface area (Å²) >= 11 is 0. The van der Waals surface area contributed by atoms with Gasteiger partial charge in [0.15, 0.2) is 0 Å². The van der Waals surface area contributed by atoms with Crippen molar-refractivity contribution in [3.05, 3.63) is 17.5 Å². The van der Waals surface area contributed by atoms with E-state index in [1.54, 1.807) is 0 Å². The van der Waals surface area contributed by atoms with E-state index in [2.05, 4.69) is 34.7 Å². The minimum absolute atomic E-state index is 0.274. The summed E-state index contributed by atoms with van der Waals surface area (Å²) in [6.07, 6.45) is 4.68. The lowest BCUT2D eigenvalue weighted by molar-refractivity contribution is -0.134. The fraction of sp³-hybridized carbons (Fsp3) is 0.750. The van der Waals surface area contributed by atoms with E-state index in [1.807, 2.05) is 11.8 Å². The second-order valence-electron chi connectivity index (χ2n) is 6.65. The van der Waals surface area contributed by atoms with Crippen LogP contribution in [0.5, 0.6) is 0 Å². The van der Waals surface area contributed by atoms with E-state index >= 15 is 0 Å². The molecule has 0 bridgehead atoms. The number of nitrogens with zero attached hydrogens (tertiary/aromatic N) is 4. The zero-order valence-corrected chi connectivity index (χ0v) is 13.4. The first kappa shape index (κ1) is 14.6. The Morgan fingerprint density at radius 2 is 2.14 bits per heavy atom. The number of aromatic nitrogens is 2. The Morgan fingerprint density at radius 3 is 2.76 bits per heavy atom. The lowest BCUT2D eigenvalue weighted by Gasteiger charge is -2.34. The number of rotatable bonds is 4. The van der Waals surface area contributed by atoms with Crippen molar-refractivity contribution >= 4 is 5.91 Å². The Labute approximate surface area is 126 Å². The fourth-order valence-corrected chi connectivity index (χ4v) is 3.35. The Bertz CT molecular complexity index is 520. The molecule has 2 heterocycles. The first-order chi connectivity index (χ1) is 10.0. The molecule has 0 spiro atoms. The van der Waals surface area contributed by atoms with Crippen molar-refractivity contribution in [1.82, 2.24) is 19.6 Å². The second kappa shape index (κ2) is 5.79. The van der Waals surface area contributed by atoms with Gasteiger partial charge in [0.05, 0.1) is 18.3 Å². The van der Waals surface area contributed by atoms with Gasteiger partial charge < -0.3 is 4.90 Å². The lowest BCUT2D eigenvalue weighted by atomic mass is 10.1. The Balaban J connectivity index is 1.62. The van der Waals surface area contributed by atoms with Gasteiger partial charge in [-0.15, -0.1) is 0 Å². The summed E-state index contributed by atoms with van der Waals surface area (Å²) in [4.78, 5) is 16.7. The van der Waals surface area contributed by atoms with Gasteiger partial charge >= 0.3 is 0 Å². The molecule has 1 aliphatic heterocycles. The molecule has 5 heteroatoms. The highest BCUT2D eigenvalue weighted by molar-refractivity contribution is 5.78. The average molecular weight is 290 g/mol. The fourth-order valence-electron chi connectivity index (χ4n) is 3.35. The largest absolute Gasteiger partial charge is 0.339 e. The molecule has 1 saturated carbocycles. The van der Waals surface area contributed by atoms with Gasteiger partial charge in [-0.3, -0.25) is 14.4 Å². The van der Waals surface area contributed by atoms with Crippen LogP contribution < -0.4 is 0 Å². The number of piperidine rings is 1. The van der Waals surface area contributed by atoms with E-state index in [0.717, 1.165) is 31.6 Å². The predicted octanol–water partition coefficient (Wildman–Crippen LogP) is 1.76. The van der Waals surface area contributed by atoms with Gasteiger partial charge in [-0.2, -0.15) is 5.10 Å². The van der Waals surface area contributed by atoms with E-state index in [1.165, 1.54) is 18.5 Å². The van der Waals surface area contributed by atoms with Crippen molar-refractivity contribution in [3.63, 3.8) is 0 Å². The van der Waals surface area contributed by atoms with Crippen molar-refractivity contribution in [2.45, 2.75) is 51.6 Å². The molecule has 3 rings (SSSR count). The maximum absolute atomic E-state index is 12.5. The number of carbonyl (C=O) groups is 1. The lowest BCUT2D eigenvalue weighted by Crippen LogP contribution is -2.45. The molecular weight excluding hydrogens is 264 g/mol. The Kier molecular flexibility index (Phi) is 4.02. The van der Waals surface area contributed by atoms with Gasteiger partial charge in [0.25, 0.3) is 0 Å². The van der Waals surface area contributed by atoms with Crippen LogP contribution in [-0.2, 0) is 4.79 Å². The van der Waals surface area contributed by atoms with Crippen LogP contribution in [0.25, 0.3) is 0 Å². The highest BCUT2D eigenvalue weighted by atomic mass is 16.2. The molecule has 1 atom stereocenters. The van der Waals surface area contributed by atoms with Gasteiger partial charge in [0.2, 0.25) is 5.91 Å². The normalized spacial score (nSPS) is 22.9. The smallest absolute Gasteiger partial charge is 0.236 e. The molecular formula is C16H26N4O. The first-order valence-electron chi connectivity index (χ1n) is 8.05. The molecule has 2 aliphatic rings. The molecule has 116 valence electrons. The SMILES string of the molecule is Cc1cc(C)n([C@@H]2CCCN(C(=O)CN(C)C3CC3)C2)n1. The maximum Gasteiger partial charge on any atom is 0.236 e. The van der Waals surface area contributed by atoms with Crippen molar-refractivity contribution in [3.8, 4) is 0 Å². The molecule has 1 aromatic heterocycles. The molecule has 1 aromatic rings. The summed E-state index contributed by atoms with van der Waals surface area (Å²) in [5.41, 5.74) is 2.26. The Morgan fingerprint density at radius 1 is 1.38 bits per heavy atom. The van der Waals surface area contributed by atoms with Gasteiger partial charge in [-0.05, 0) is 52.6 Å². The van der Waals surface area contributed by atoms with Crippen molar-refractivity contribution in [2.75, 3.05) is 26.7 Å². The van der Waals surface area contributed by atoms with Gasteiger partial charge in [-0.1, -0.05) is 0 Å². The summed E-state index contributed by atoms with van der Waals surface area (Å²) < 4.78 is 2.11. The van der Waals surface area contributed by atoms with E-state index in [9.17, 15) is 4.79 Å². The molecule has 21 heavy (non-hydrogen) atoms. The molecule has 0 unspecified atom stereocenters. The third-order valence-corrected chi connectivity index (χ3v) is 4.69. The van der Waals surface area contributed by atoms with Crippen LogP contribution in [0.3, 0.4) is 0 Å². The summed E-state index contributed by atoms with van der Waals surface area (Å²) in [6, 6.07) is 3.09. The number of hydrogen-bond donors (Lipinski definition) is 0. The summed E-state index contributed by atoms with van der Waals surface area (Å²) in [7, 11) is 2.07. The molecule has 0 aromatic carbocycles.